The van der Waals surface area contributed by atoms with E-state index in [1.54, 1.807) is 13.8 Å². The first-order chi connectivity index (χ1) is 7.97. The van der Waals surface area contributed by atoms with Crippen LogP contribution in [0.15, 0.2) is 16.6 Å². The maximum Gasteiger partial charge on any atom is 0.271 e. The fraction of sp³-hybridized carbons (Fsp3) is 0.556. The van der Waals surface area contributed by atoms with Crippen molar-refractivity contribution in [3.05, 3.63) is 6.33 Å². The number of hydrogen-bond acceptors (Lipinski definition) is 6. The van der Waals surface area contributed by atoms with Crippen LogP contribution < -0.4 is 5.32 Å². The van der Waals surface area contributed by atoms with Crippen LogP contribution in [0.25, 0.3) is 0 Å². The topological polar surface area (TPSA) is 92.4 Å². The van der Waals surface area contributed by atoms with Gasteiger partial charge in [0.1, 0.15) is 11.9 Å². The van der Waals surface area contributed by atoms with Crippen LogP contribution in [0.2, 0.25) is 0 Å². The first-order valence-electron chi connectivity index (χ1n) is 4.88. The van der Waals surface area contributed by atoms with Gasteiger partial charge in [-0.3, -0.25) is 4.79 Å². The predicted molar refractivity (Wildman–Crippen MR) is 64.4 cm³/mol. The Hall–Kier alpha value is -1.57. The van der Waals surface area contributed by atoms with Gasteiger partial charge in [-0.1, -0.05) is 16.9 Å². The zero-order valence-corrected chi connectivity index (χ0v) is 10.9. The van der Waals surface area contributed by atoms with Crippen molar-refractivity contribution in [1.82, 2.24) is 20.1 Å². The lowest BCUT2D eigenvalue weighted by Gasteiger charge is -2.24. The number of carbonyl (C=O) groups is 1. The van der Waals surface area contributed by atoms with E-state index in [1.807, 2.05) is 6.26 Å². The zero-order chi connectivity index (χ0) is 13.1. The summed E-state index contributed by atoms with van der Waals surface area (Å²) < 4.78 is 1.49. The first kappa shape index (κ1) is 13.5. The van der Waals surface area contributed by atoms with Crippen molar-refractivity contribution in [2.45, 2.75) is 24.5 Å². The van der Waals surface area contributed by atoms with Crippen molar-refractivity contribution in [3.8, 4) is 0 Å². The average molecular weight is 257 g/mol. The van der Waals surface area contributed by atoms with Crippen molar-refractivity contribution in [3.63, 3.8) is 0 Å². The van der Waals surface area contributed by atoms with Gasteiger partial charge in [0, 0.05) is 7.05 Å². The number of carbonyl (C=O) groups excluding carboxylic acids is 1. The summed E-state index contributed by atoms with van der Waals surface area (Å²) in [5.74, 6) is -0.460. The number of rotatable bonds is 4. The highest BCUT2D eigenvalue weighted by Crippen LogP contribution is 2.18. The second kappa shape index (κ2) is 5.17. The number of oxime groups is 1. The molecule has 1 amide bonds. The summed E-state index contributed by atoms with van der Waals surface area (Å²) in [6.45, 7) is 3.44. The number of amides is 1. The standard InChI is InChI=1S/C9H15N5O2S/c1-9(2,6(13-16)7(15)10-3)14-5-11-8(12-14)17-4/h5,16H,1-4H3,(H,10,15). The molecule has 0 fully saturated rings. The molecule has 0 atom stereocenters. The molecule has 0 spiro atoms. The molecule has 1 rings (SSSR count). The van der Waals surface area contributed by atoms with Gasteiger partial charge in [0.05, 0.1) is 0 Å². The maximum atomic E-state index is 11.6. The number of nitrogens with one attached hydrogen (secondary N) is 1. The van der Waals surface area contributed by atoms with E-state index < -0.39 is 11.4 Å². The van der Waals surface area contributed by atoms with Crippen molar-refractivity contribution in [2.75, 3.05) is 13.3 Å². The Morgan fingerprint density at radius 1 is 1.65 bits per heavy atom. The highest BCUT2D eigenvalue weighted by Gasteiger charge is 2.34. The van der Waals surface area contributed by atoms with E-state index in [4.69, 9.17) is 5.21 Å². The summed E-state index contributed by atoms with van der Waals surface area (Å²) in [6.07, 6.45) is 3.35. The van der Waals surface area contributed by atoms with Crippen LogP contribution in [-0.4, -0.2) is 44.9 Å². The van der Waals surface area contributed by atoms with Crippen molar-refractivity contribution in [1.29, 1.82) is 0 Å². The number of aromatic nitrogens is 3. The van der Waals surface area contributed by atoms with Gasteiger partial charge in [0.2, 0.25) is 5.16 Å². The van der Waals surface area contributed by atoms with Crippen LogP contribution in [0.1, 0.15) is 13.8 Å². The quantitative estimate of drug-likeness (QED) is 0.350. The number of hydrogen-bond donors (Lipinski definition) is 2. The third-order valence-corrected chi connectivity index (χ3v) is 2.90. The SMILES string of the molecule is CNC(=O)C(=NO)C(C)(C)n1cnc(SC)n1. The summed E-state index contributed by atoms with van der Waals surface area (Å²) in [4.78, 5) is 15.6. The molecule has 0 radical (unpaired) electrons. The minimum absolute atomic E-state index is 0.0300. The summed E-state index contributed by atoms with van der Waals surface area (Å²) in [5.41, 5.74) is -0.909. The van der Waals surface area contributed by atoms with Crippen molar-refractivity contribution in [2.24, 2.45) is 5.16 Å². The average Bonchev–Trinajstić information content (AvgIpc) is 2.78. The van der Waals surface area contributed by atoms with E-state index in [2.05, 4.69) is 20.6 Å². The molecular weight excluding hydrogens is 242 g/mol. The third kappa shape index (κ3) is 2.57. The Kier molecular flexibility index (Phi) is 4.11. The van der Waals surface area contributed by atoms with Gasteiger partial charge in [-0.2, -0.15) is 0 Å². The minimum atomic E-state index is -0.879. The molecule has 1 aromatic rings. The van der Waals surface area contributed by atoms with Gasteiger partial charge in [0.25, 0.3) is 5.91 Å². The van der Waals surface area contributed by atoms with Crippen LogP contribution in [0.4, 0.5) is 0 Å². The predicted octanol–water partition coefficient (Wildman–Crippen LogP) is 0.311. The van der Waals surface area contributed by atoms with Gasteiger partial charge < -0.3 is 10.5 Å². The zero-order valence-electron chi connectivity index (χ0n) is 10.1. The van der Waals surface area contributed by atoms with E-state index in [0.29, 0.717) is 5.16 Å². The Balaban J connectivity index is 3.12. The monoisotopic (exact) mass is 257 g/mol. The van der Waals surface area contributed by atoms with Crippen LogP contribution in [0, 0.1) is 0 Å². The molecule has 0 unspecified atom stereocenters. The van der Waals surface area contributed by atoms with Crippen LogP contribution in [-0.2, 0) is 10.3 Å². The fourth-order valence-corrected chi connectivity index (χ4v) is 1.61. The molecule has 1 aromatic heterocycles. The Morgan fingerprint density at radius 2 is 2.29 bits per heavy atom. The minimum Gasteiger partial charge on any atom is -0.410 e. The first-order valence-corrected chi connectivity index (χ1v) is 6.10. The number of nitrogens with zero attached hydrogens (tertiary/aromatic N) is 4. The van der Waals surface area contributed by atoms with E-state index >= 15 is 0 Å². The summed E-state index contributed by atoms with van der Waals surface area (Å²) in [6, 6.07) is 0. The van der Waals surface area contributed by atoms with E-state index in [1.165, 1.54) is 29.8 Å². The molecule has 0 bridgehead atoms. The van der Waals surface area contributed by atoms with Gasteiger partial charge in [-0.05, 0) is 20.1 Å². The van der Waals surface area contributed by atoms with Crippen molar-refractivity contribution >= 4 is 23.4 Å². The normalized spacial score (nSPS) is 12.6. The Labute approximate surface area is 103 Å². The molecule has 2 N–H and O–H groups in total. The van der Waals surface area contributed by atoms with E-state index in [0.717, 1.165) is 0 Å². The summed E-state index contributed by atoms with van der Waals surface area (Å²) in [7, 11) is 1.47. The molecule has 0 saturated heterocycles. The van der Waals surface area contributed by atoms with Crippen molar-refractivity contribution < 1.29 is 10.0 Å². The molecule has 0 aromatic carbocycles. The molecule has 17 heavy (non-hydrogen) atoms. The van der Waals surface area contributed by atoms with Crippen LogP contribution >= 0.6 is 11.8 Å². The number of thioether (sulfide) groups is 1. The highest BCUT2D eigenvalue weighted by atomic mass is 32.2. The molecule has 94 valence electrons. The van der Waals surface area contributed by atoms with Crippen LogP contribution in [0.5, 0.6) is 0 Å². The lowest BCUT2D eigenvalue weighted by Crippen LogP contribution is -2.45. The summed E-state index contributed by atoms with van der Waals surface area (Å²) >= 11 is 1.39. The highest BCUT2D eigenvalue weighted by molar-refractivity contribution is 7.98. The van der Waals surface area contributed by atoms with E-state index in [-0.39, 0.29) is 5.71 Å². The van der Waals surface area contributed by atoms with E-state index in [9.17, 15) is 4.79 Å². The maximum absolute atomic E-state index is 11.6. The fourth-order valence-electron chi connectivity index (χ4n) is 1.28. The molecule has 7 nitrogen and oxygen atoms in total. The van der Waals surface area contributed by atoms with Crippen LogP contribution in [0.3, 0.4) is 0 Å². The second-order valence-corrected chi connectivity index (χ2v) is 4.54. The molecule has 0 saturated carbocycles. The lowest BCUT2D eigenvalue weighted by molar-refractivity contribution is -0.114. The lowest BCUT2D eigenvalue weighted by atomic mass is 9.98. The largest absolute Gasteiger partial charge is 0.410 e. The third-order valence-electron chi connectivity index (χ3n) is 2.35. The Morgan fingerprint density at radius 3 is 2.71 bits per heavy atom. The molecule has 0 aliphatic rings. The smallest absolute Gasteiger partial charge is 0.271 e. The van der Waals surface area contributed by atoms with Gasteiger partial charge in [0.15, 0.2) is 5.71 Å². The molecule has 1 heterocycles. The molecular formula is C9H15N5O2S. The molecule has 8 heteroatoms. The molecule has 0 aliphatic heterocycles. The Bertz CT molecular complexity index is 440. The summed E-state index contributed by atoms with van der Waals surface area (Å²) in [5, 5.41) is 19.2. The van der Waals surface area contributed by atoms with Gasteiger partial charge >= 0.3 is 0 Å². The van der Waals surface area contributed by atoms with Gasteiger partial charge in [-0.15, -0.1) is 5.10 Å². The van der Waals surface area contributed by atoms with Gasteiger partial charge in [-0.25, -0.2) is 9.67 Å². The molecule has 0 aliphatic carbocycles. The second-order valence-electron chi connectivity index (χ2n) is 3.76.